The second-order valence-electron chi connectivity index (χ2n) is 4.07. The summed E-state index contributed by atoms with van der Waals surface area (Å²) in [7, 11) is 1.52. The van der Waals surface area contributed by atoms with E-state index < -0.39 is 5.91 Å². The van der Waals surface area contributed by atoms with Gasteiger partial charge in [0, 0.05) is 11.8 Å². The van der Waals surface area contributed by atoms with Crippen molar-refractivity contribution in [1.29, 1.82) is 0 Å². The Labute approximate surface area is 120 Å². The number of benzene rings is 2. The fraction of sp³-hybridized carbons (Fsp3) is 0.0714. The minimum absolute atomic E-state index is 0.0407. The van der Waals surface area contributed by atoms with E-state index in [0.717, 1.165) is 0 Å². The third kappa shape index (κ3) is 2.95. The molecule has 0 radical (unpaired) electrons. The first-order valence-corrected chi connectivity index (χ1v) is 6.12. The highest BCUT2D eigenvalue weighted by atomic mass is 35.5. The van der Waals surface area contributed by atoms with Crippen LogP contribution in [0.4, 0.5) is 11.4 Å². The lowest BCUT2D eigenvalue weighted by molar-refractivity contribution is 0.102. The molecule has 0 aliphatic rings. The molecular formula is C14H13ClN2O3. The van der Waals surface area contributed by atoms with Gasteiger partial charge in [-0.05, 0) is 30.3 Å². The van der Waals surface area contributed by atoms with Crippen molar-refractivity contribution in [3.05, 3.63) is 47.0 Å². The molecule has 2 aromatic rings. The van der Waals surface area contributed by atoms with Gasteiger partial charge in [0.2, 0.25) is 0 Å². The van der Waals surface area contributed by atoms with Gasteiger partial charge < -0.3 is 20.9 Å². The lowest BCUT2D eigenvalue weighted by Gasteiger charge is -2.10. The molecule has 2 rings (SSSR count). The third-order valence-corrected chi connectivity index (χ3v) is 3.03. The molecular weight excluding hydrogens is 280 g/mol. The summed E-state index contributed by atoms with van der Waals surface area (Å²) < 4.78 is 5.07. The fourth-order valence-corrected chi connectivity index (χ4v) is 1.82. The Morgan fingerprint density at radius 1 is 1.30 bits per heavy atom. The zero-order valence-electron chi connectivity index (χ0n) is 10.7. The highest BCUT2D eigenvalue weighted by molar-refractivity contribution is 6.34. The summed E-state index contributed by atoms with van der Waals surface area (Å²) in [5, 5.41) is 12.4. The predicted molar refractivity (Wildman–Crippen MR) is 78.5 cm³/mol. The fourth-order valence-electron chi connectivity index (χ4n) is 1.66. The Kier molecular flexibility index (Phi) is 4.00. The van der Waals surface area contributed by atoms with Crippen molar-refractivity contribution in [2.75, 3.05) is 18.2 Å². The van der Waals surface area contributed by atoms with Crippen molar-refractivity contribution in [2.45, 2.75) is 0 Å². The van der Waals surface area contributed by atoms with Gasteiger partial charge >= 0.3 is 0 Å². The van der Waals surface area contributed by atoms with Crippen LogP contribution >= 0.6 is 11.6 Å². The largest absolute Gasteiger partial charge is 0.508 e. The Hall–Kier alpha value is -2.40. The van der Waals surface area contributed by atoms with Crippen molar-refractivity contribution in [3.8, 4) is 11.5 Å². The molecule has 6 heteroatoms. The molecule has 0 saturated heterocycles. The van der Waals surface area contributed by atoms with Gasteiger partial charge in [0.15, 0.2) is 0 Å². The Morgan fingerprint density at radius 2 is 2.05 bits per heavy atom. The first-order chi connectivity index (χ1) is 9.51. The lowest BCUT2D eigenvalue weighted by atomic mass is 10.1. The van der Waals surface area contributed by atoms with Crippen LogP contribution in [-0.2, 0) is 0 Å². The Balaban J connectivity index is 2.30. The van der Waals surface area contributed by atoms with Crippen LogP contribution in [0.15, 0.2) is 36.4 Å². The molecule has 0 aliphatic heterocycles. The van der Waals surface area contributed by atoms with Crippen LogP contribution in [0.3, 0.4) is 0 Å². The smallest absolute Gasteiger partial charge is 0.257 e. The van der Waals surface area contributed by atoms with Crippen molar-refractivity contribution >= 4 is 28.9 Å². The number of hydrogen-bond donors (Lipinski definition) is 3. The van der Waals surface area contributed by atoms with Gasteiger partial charge in [0.1, 0.15) is 11.5 Å². The lowest BCUT2D eigenvalue weighted by Crippen LogP contribution is -2.14. The predicted octanol–water partition coefficient (Wildman–Crippen LogP) is 2.89. The highest BCUT2D eigenvalue weighted by Gasteiger charge is 2.13. The van der Waals surface area contributed by atoms with E-state index >= 15 is 0 Å². The van der Waals surface area contributed by atoms with E-state index in [1.54, 1.807) is 18.2 Å². The first-order valence-electron chi connectivity index (χ1n) is 5.74. The van der Waals surface area contributed by atoms with Crippen LogP contribution in [0, 0.1) is 0 Å². The van der Waals surface area contributed by atoms with Gasteiger partial charge in [0.25, 0.3) is 5.91 Å². The summed E-state index contributed by atoms with van der Waals surface area (Å²) in [6.07, 6.45) is 0. The van der Waals surface area contributed by atoms with Gasteiger partial charge in [-0.25, -0.2) is 0 Å². The number of hydrogen-bond acceptors (Lipinski definition) is 4. The van der Waals surface area contributed by atoms with Gasteiger partial charge in [-0.1, -0.05) is 11.6 Å². The normalized spacial score (nSPS) is 10.1. The number of rotatable bonds is 3. The first kappa shape index (κ1) is 14.0. The van der Waals surface area contributed by atoms with Crippen LogP contribution in [0.1, 0.15) is 10.4 Å². The molecule has 5 nitrogen and oxygen atoms in total. The quantitative estimate of drug-likeness (QED) is 0.600. The molecule has 1 amide bonds. The van der Waals surface area contributed by atoms with Crippen molar-refractivity contribution in [2.24, 2.45) is 0 Å². The number of aromatic hydroxyl groups is 1. The number of amides is 1. The molecule has 104 valence electrons. The summed E-state index contributed by atoms with van der Waals surface area (Å²) >= 11 is 6.00. The molecule has 0 fully saturated rings. The topological polar surface area (TPSA) is 84.6 Å². The van der Waals surface area contributed by atoms with E-state index in [1.165, 1.54) is 25.3 Å². The average Bonchev–Trinajstić information content (AvgIpc) is 2.43. The summed E-state index contributed by atoms with van der Waals surface area (Å²) in [5.74, 6) is 0.0585. The van der Waals surface area contributed by atoms with E-state index in [2.05, 4.69) is 5.32 Å². The van der Waals surface area contributed by atoms with Crippen LogP contribution in [0.5, 0.6) is 11.5 Å². The van der Waals surface area contributed by atoms with Crippen LogP contribution in [0.25, 0.3) is 0 Å². The molecule has 4 N–H and O–H groups in total. The van der Waals surface area contributed by atoms with Gasteiger partial charge in [-0.15, -0.1) is 0 Å². The molecule has 0 aliphatic carbocycles. The summed E-state index contributed by atoms with van der Waals surface area (Å²) in [6.45, 7) is 0. The zero-order valence-corrected chi connectivity index (χ0v) is 11.4. The number of nitrogens with one attached hydrogen (secondary N) is 1. The molecule has 0 aromatic heterocycles. The molecule has 0 saturated carbocycles. The number of nitrogens with two attached hydrogens (primary N) is 1. The molecule has 0 atom stereocenters. The maximum absolute atomic E-state index is 12.1. The summed E-state index contributed by atoms with van der Waals surface area (Å²) in [4.78, 5) is 12.1. The summed E-state index contributed by atoms with van der Waals surface area (Å²) in [5.41, 5.74) is 6.54. The molecule has 2 aromatic carbocycles. The Morgan fingerprint density at radius 3 is 2.75 bits per heavy atom. The number of nitrogen functional groups attached to an aromatic ring is 1. The van der Waals surface area contributed by atoms with E-state index in [0.29, 0.717) is 16.5 Å². The standard InChI is InChI=1S/C14H13ClN2O3/c1-20-9-3-4-11(15)13(7-9)17-14(19)10-6-8(18)2-5-12(10)16/h2-7,18H,16H2,1H3,(H,17,19). The van der Waals surface area contributed by atoms with E-state index in [9.17, 15) is 9.90 Å². The number of methoxy groups -OCH3 is 1. The van der Waals surface area contributed by atoms with E-state index in [4.69, 9.17) is 22.1 Å². The maximum Gasteiger partial charge on any atom is 0.257 e. The number of carbonyl (C=O) groups is 1. The molecule has 0 unspecified atom stereocenters. The number of anilines is 2. The molecule has 20 heavy (non-hydrogen) atoms. The number of phenolic OH excluding ortho intramolecular Hbond substituents is 1. The number of halogens is 1. The van der Waals surface area contributed by atoms with Crippen molar-refractivity contribution in [3.63, 3.8) is 0 Å². The van der Waals surface area contributed by atoms with Crippen LogP contribution in [-0.4, -0.2) is 18.1 Å². The average molecular weight is 293 g/mol. The van der Waals surface area contributed by atoms with E-state index in [1.807, 2.05) is 0 Å². The molecule has 0 heterocycles. The third-order valence-electron chi connectivity index (χ3n) is 2.70. The second kappa shape index (κ2) is 5.71. The van der Waals surface area contributed by atoms with Crippen LogP contribution < -0.4 is 15.8 Å². The summed E-state index contributed by atoms with van der Waals surface area (Å²) in [6, 6.07) is 9.04. The number of ether oxygens (including phenoxy) is 1. The van der Waals surface area contributed by atoms with Gasteiger partial charge in [-0.2, -0.15) is 0 Å². The minimum Gasteiger partial charge on any atom is -0.508 e. The highest BCUT2D eigenvalue weighted by Crippen LogP contribution is 2.28. The molecule has 0 bridgehead atoms. The van der Waals surface area contributed by atoms with Gasteiger partial charge in [-0.3, -0.25) is 4.79 Å². The van der Waals surface area contributed by atoms with Gasteiger partial charge in [0.05, 0.1) is 23.4 Å². The second-order valence-corrected chi connectivity index (χ2v) is 4.48. The SMILES string of the molecule is COc1ccc(Cl)c(NC(=O)c2cc(O)ccc2N)c1. The number of carbonyl (C=O) groups excluding carboxylic acids is 1. The monoisotopic (exact) mass is 292 g/mol. The van der Waals surface area contributed by atoms with Crippen molar-refractivity contribution < 1.29 is 14.6 Å². The zero-order chi connectivity index (χ0) is 14.7. The molecule has 0 spiro atoms. The van der Waals surface area contributed by atoms with Crippen molar-refractivity contribution in [1.82, 2.24) is 0 Å². The maximum atomic E-state index is 12.1. The van der Waals surface area contributed by atoms with E-state index in [-0.39, 0.29) is 17.0 Å². The van der Waals surface area contributed by atoms with Crippen LogP contribution in [0.2, 0.25) is 5.02 Å². The number of phenols is 1. The minimum atomic E-state index is -0.464. The Bertz CT molecular complexity index is 659.